The van der Waals surface area contributed by atoms with Crippen molar-refractivity contribution in [1.29, 1.82) is 0 Å². The molecule has 0 radical (unpaired) electrons. The van der Waals surface area contributed by atoms with E-state index in [1.165, 1.54) is 5.56 Å². The quantitative estimate of drug-likeness (QED) is 0.671. The van der Waals surface area contributed by atoms with E-state index in [-0.39, 0.29) is 0 Å². The molecule has 0 spiro atoms. The molecular weight excluding hydrogens is 312 g/mol. The smallest absolute Gasteiger partial charge is 0.243 e. The van der Waals surface area contributed by atoms with E-state index >= 15 is 0 Å². The first-order chi connectivity index (χ1) is 11.3. The van der Waals surface area contributed by atoms with Crippen molar-refractivity contribution in [2.24, 2.45) is 5.10 Å². The van der Waals surface area contributed by atoms with Gasteiger partial charge in [0, 0.05) is 29.1 Å². The minimum absolute atomic E-state index is 0.513. The Morgan fingerprint density at radius 2 is 2.22 bits per heavy atom. The lowest BCUT2D eigenvalue weighted by atomic mass is 10.2. The average molecular weight is 330 g/mol. The molecule has 0 unspecified atom stereocenters. The Bertz CT molecular complexity index is 721. The van der Waals surface area contributed by atoms with Crippen LogP contribution in [0.4, 0.5) is 5.95 Å². The van der Waals surface area contributed by atoms with Gasteiger partial charge < -0.3 is 9.47 Å². The van der Waals surface area contributed by atoms with Crippen LogP contribution in [-0.2, 0) is 12.2 Å². The number of fused-ring (bicyclic) bond motifs is 1. The number of aromatic nitrogens is 2. The number of hydrogen-bond acceptors (Lipinski definition) is 7. The summed E-state index contributed by atoms with van der Waals surface area (Å²) < 4.78 is 10.5. The fourth-order valence-corrected chi connectivity index (χ4v) is 3.21. The summed E-state index contributed by atoms with van der Waals surface area (Å²) in [7, 11) is 3.24. The normalized spacial score (nSPS) is 13.7. The number of thioether (sulfide) groups is 1. The Hall–Kier alpha value is -2.28. The molecule has 2 heterocycles. The molecule has 0 aliphatic carbocycles. The maximum Gasteiger partial charge on any atom is 0.243 e. The third-order valence-corrected chi connectivity index (χ3v) is 4.51. The lowest BCUT2D eigenvalue weighted by Gasteiger charge is -2.13. The van der Waals surface area contributed by atoms with Crippen LogP contribution >= 0.6 is 11.8 Å². The zero-order chi connectivity index (χ0) is 16.1. The maximum absolute atomic E-state index is 5.33. The number of rotatable bonds is 5. The number of ether oxygens (including phenoxy) is 2. The van der Waals surface area contributed by atoms with Crippen LogP contribution in [0.1, 0.15) is 16.8 Å². The highest BCUT2D eigenvalue weighted by molar-refractivity contribution is 7.98. The highest BCUT2D eigenvalue weighted by Crippen LogP contribution is 2.24. The number of anilines is 1. The molecule has 23 heavy (non-hydrogen) atoms. The third kappa shape index (κ3) is 3.73. The summed E-state index contributed by atoms with van der Waals surface area (Å²) >= 11 is 1.91. The van der Waals surface area contributed by atoms with Gasteiger partial charge in [0.15, 0.2) is 0 Å². The van der Waals surface area contributed by atoms with Crippen LogP contribution in [0.3, 0.4) is 0 Å². The Labute approximate surface area is 139 Å². The molecule has 6 nitrogen and oxygen atoms in total. The first-order valence-corrected chi connectivity index (χ1v) is 8.39. The predicted molar refractivity (Wildman–Crippen MR) is 92.7 cm³/mol. The zero-order valence-corrected chi connectivity index (χ0v) is 13.9. The van der Waals surface area contributed by atoms with E-state index < -0.39 is 0 Å². The molecule has 0 amide bonds. The van der Waals surface area contributed by atoms with Crippen molar-refractivity contribution in [3.63, 3.8) is 0 Å². The van der Waals surface area contributed by atoms with Gasteiger partial charge in [-0.15, -0.1) is 0 Å². The minimum Gasteiger partial charge on any atom is -0.497 e. The van der Waals surface area contributed by atoms with E-state index in [0.29, 0.717) is 11.7 Å². The number of nitrogens with zero attached hydrogens (tertiary/aromatic N) is 3. The molecule has 0 saturated heterocycles. The van der Waals surface area contributed by atoms with Gasteiger partial charge in [0.25, 0.3) is 0 Å². The van der Waals surface area contributed by atoms with Crippen molar-refractivity contribution in [1.82, 2.24) is 9.97 Å². The Kier molecular flexibility index (Phi) is 4.97. The van der Waals surface area contributed by atoms with Crippen LogP contribution in [0.2, 0.25) is 0 Å². The van der Waals surface area contributed by atoms with Crippen molar-refractivity contribution in [3.05, 3.63) is 41.2 Å². The van der Waals surface area contributed by atoms with Crippen LogP contribution in [0.25, 0.3) is 0 Å². The third-order valence-electron chi connectivity index (χ3n) is 3.50. The number of hydrazone groups is 1. The summed E-state index contributed by atoms with van der Waals surface area (Å²) in [6.45, 7) is 0. The lowest BCUT2D eigenvalue weighted by molar-refractivity contribution is 0.394. The monoisotopic (exact) mass is 330 g/mol. The van der Waals surface area contributed by atoms with Crippen LogP contribution in [0, 0.1) is 0 Å². The summed E-state index contributed by atoms with van der Waals surface area (Å²) in [5.74, 6) is 4.04. The number of methoxy groups -OCH3 is 2. The standard InChI is InChI=1S/C16H18N4O2S/c1-21-13-4-3-11(15(7-13)22-2)9-18-20-16-17-8-12-10-23-6-5-14(12)19-16/h3-4,7-9H,5-6,10H2,1-2H3,(H,17,19,20). The number of hydrogen-bond donors (Lipinski definition) is 1. The summed E-state index contributed by atoms with van der Waals surface area (Å²) in [4.78, 5) is 8.81. The Morgan fingerprint density at radius 1 is 1.30 bits per heavy atom. The minimum atomic E-state index is 0.513. The molecule has 1 N–H and O–H groups in total. The van der Waals surface area contributed by atoms with E-state index in [1.807, 2.05) is 36.2 Å². The maximum atomic E-state index is 5.33. The molecule has 0 bridgehead atoms. The summed E-state index contributed by atoms with van der Waals surface area (Å²) in [5, 5.41) is 4.20. The molecule has 0 saturated carbocycles. The van der Waals surface area contributed by atoms with E-state index in [2.05, 4.69) is 20.5 Å². The molecule has 1 aromatic heterocycles. The molecule has 2 aromatic rings. The largest absolute Gasteiger partial charge is 0.497 e. The molecule has 7 heteroatoms. The Morgan fingerprint density at radius 3 is 3.04 bits per heavy atom. The first kappa shape index (κ1) is 15.6. The van der Waals surface area contributed by atoms with Crippen LogP contribution in [0.5, 0.6) is 11.5 Å². The molecule has 0 fully saturated rings. The van der Waals surface area contributed by atoms with Crippen LogP contribution in [0.15, 0.2) is 29.5 Å². The van der Waals surface area contributed by atoms with Gasteiger partial charge in [-0.25, -0.2) is 15.4 Å². The van der Waals surface area contributed by atoms with Gasteiger partial charge in [-0.05, 0) is 24.3 Å². The van der Waals surface area contributed by atoms with Gasteiger partial charge >= 0.3 is 0 Å². The van der Waals surface area contributed by atoms with E-state index in [9.17, 15) is 0 Å². The second kappa shape index (κ2) is 7.32. The molecule has 0 atom stereocenters. The fraction of sp³-hybridized carbons (Fsp3) is 0.312. The fourth-order valence-electron chi connectivity index (χ4n) is 2.27. The van der Waals surface area contributed by atoms with Gasteiger partial charge in [-0.3, -0.25) is 0 Å². The van der Waals surface area contributed by atoms with Gasteiger partial charge in [-0.2, -0.15) is 16.9 Å². The van der Waals surface area contributed by atoms with Crippen molar-refractivity contribution >= 4 is 23.9 Å². The molecule has 1 aromatic carbocycles. The molecule has 1 aliphatic heterocycles. The lowest BCUT2D eigenvalue weighted by Crippen LogP contribution is -2.08. The number of benzene rings is 1. The topological polar surface area (TPSA) is 68.6 Å². The highest BCUT2D eigenvalue weighted by Gasteiger charge is 2.11. The van der Waals surface area contributed by atoms with Gasteiger partial charge in [-0.1, -0.05) is 0 Å². The van der Waals surface area contributed by atoms with Gasteiger partial charge in [0.2, 0.25) is 5.95 Å². The van der Waals surface area contributed by atoms with Crippen molar-refractivity contribution in [3.8, 4) is 11.5 Å². The van der Waals surface area contributed by atoms with Crippen molar-refractivity contribution < 1.29 is 9.47 Å². The van der Waals surface area contributed by atoms with Crippen molar-refractivity contribution in [2.75, 3.05) is 25.4 Å². The van der Waals surface area contributed by atoms with E-state index in [1.54, 1.807) is 20.4 Å². The molecular formula is C16H18N4O2S. The summed E-state index contributed by atoms with van der Waals surface area (Å²) in [6.07, 6.45) is 4.53. The van der Waals surface area contributed by atoms with E-state index in [4.69, 9.17) is 9.47 Å². The Balaban J connectivity index is 1.71. The average Bonchev–Trinajstić information content (AvgIpc) is 2.61. The second-order valence-electron chi connectivity index (χ2n) is 4.95. The van der Waals surface area contributed by atoms with Crippen LogP contribution < -0.4 is 14.9 Å². The number of nitrogens with one attached hydrogen (secondary N) is 1. The molecule has 1 aliphatic rings. The molecule has 120 valence electrons. The highest BCUT2D eigenvalue weighted by atomic mass is 32.2. The zero-order valence-electron chi connectivity index (χ0n) is 13.1. The first-order valence-electron chi connectivity index (χ1n) is 7.24. The van der Waals surface area contributed by atoms with Gasteiger partial charge in [0.05, 0.1) is 26.1 Å². The van der Waals surface area contributed by atoms with E-state index in [0.717, 1.165) is 34.9 Å². The number of aryl methyl sites for hydroxylation is 1. The molecule has 3 rings (SSSR count). The van der Waals surface area contributed by atoms with Crippen molar-refractivity contribution in [2.45, 2.75) is 12.2 Å². The predicted octanol–water partition coefficient (Wildman–Crippen LogP) is 2.73. The van der Waals surface area contributed by atoms with Gasteiger partial charge in [0.1, 0.15) is 11.5 Å². The van der Waals surface area contributed by atoms with Crippen LogP contribution in [-0.4, -0.2) is 36.2 Å². The SMILES string of the molecule is COc1ccc(C=NNc2ncc3c(n2)CCSC3)c(OC)c1. The summed E-state index contributed by atoms with van der Waals surface area (Å²) in [6, 6.07) is 5.55. The summed E-state index contributed by atoms with van der Waals surface area (Å²) in [5.41, 5.74) is 6.04. The second-order valence-corrected chi connectivity index (χ2v) is 6.05.